The Morgan fingerprint density at radius 3 is 0.946 bits per heavy atom. The molecule has 0 aromatic heterocycles. The average molecular weight is 1060 g/mol. The van der Waals surface area contributed by atoms with Crippen molar-refractivity contribution in [2.45, 2.75) is 252 Å². The molecular weight excluding hydrogens is 964 g/mol. The number of halogens is 9. The lowest BCUT2D eigenvalue weighted by molar-refractivity contribution is -0.958. The van der Waals surface area contributed by atoms with Gasteiger partial charge in [-0.15, -0.1) is 0 Å². The van der Waals surface area contributed by atoms with Crippen LogP contribution in [-0.4, -0.2) is 31.4 Å². The Morgan fingerprint density at radius 1 is 0.338 bits per heavy atom. The van der Waals surface area contributed by atoms with Crippen molar-refractivity contribution in [1.29, 1.82) is 0 Å². The molecule has 0 spiro atoms. The molecule has 0 saturated carbocycles. The normalized spacial score (nSPS) is 12.2. The van der Waals surface area contributed by atoms with Crippen LogP contribution in [0.15, 0.2) is 30.3 Å². The first kappa shape index (κ1) is 64.7. The van der Waals surface area contributed by atoms with Crippen LogP contribution in [0.4, 0.5) is 39.5 Å². The van der Waals surface area contributed by atoms with E-state index >= 15 is 13.2 Å². The van der Waals surface area contributed by atoms with Gasteiger partial charge in [-0.2, -0.15) is 0 Å². The Hall–Kier alpha value is -3.55. The van der Waals surface area contributed by atoms with Gasteiger partial charge in [0.05, 0.1) is 25.2 Å². The minimum Gasteiger partial charge on any atom is -0.489 e. The Labute approximate surface area is 441 Å². The van der Waals surface area contributed by atoms with Gasteiger partial charge in [-0.05, 0) is 44.9 Å². The summed E-state index contributed by atoms with van der Waals surface area (Å²) in [5.41, 5.74) is -0.276. The third-order valence-corrected chi connectivity index (χ3v) is 14.7. The molecule has 0 aliphatic rings. The standard InChI is InChI=1S/C60H92BF9NO3/c1-5-9-13-17-21-22-23-24-25-26-27-28-29-30-34-38-54(71(39-35-31-18-14-10-6-2,40-36-32-19-15-11-7-3)41-37-33-20-16-12-8-4)56-55(46-53(66)59(69)60(56)70)74-61(72-47-42-49(62)57(67)50(63)43-47)73-48-44-51(64)58(68)52(65)45-48/h42-46,54H,5-41H2,1-4H3/q+1. The average Bonchev–Trinajstić information content (AvgIpc) is 3.37. The molecule has 1 unspecified atom stereocenters. The Balaban J connectivity index is 2.14. The van der Waals surface area contributed by atoms with Gasteiger partial charge >= 0.3 is 7.32 Å². The van der Waals surface area contributed by atoms with E-state index in [0.29, 0.717) is 67.3 Å². The van der Waals surface area contributed by atoms with E-state index in [4.69, 9.17) is 14.0 Å². The zero-order valence-corrected chi connectivity index (χ0v) is 45.8. The first-order valence-corrected chi connectivity index (χ1v) is 29.1. The highest BCUT2D eigenvalue weighted by molar-refractivity contribution is 6.39. The van der Waals surface area contributed by atoms with Gasteiger partial charge in [0.2, 0.25) is 0 Å². The maximum absolute atomic E-state index is 17.3. The van der Waals surface area contributed by atoms with Crippen LogP contribution in [0, 0.1) is 52.4 Å². The molecule has 1 atom stereocenters. The summed E-state index contributed by atoms with van der Waals surface area (Å²) in [7, 11) is -2.34. The van der Waals surface area contributed by atoms with Crippen LogP contribution < -0.4 is 14.0 Å². The van der Waals surface area contributed by atoms with Crippen LogP contribution in [0.25, 0.3) is 0 Å². The highest BCUT2D eigenvalue weighted by Gasteiger charge is 2.43. The van der Waals surface area contributed by atoms with Crippen LogP contribution in [0.5, 0.6) is 17.2 Å². The van der Waals surface area contributed by atoms with Crippen molar-refractivity contribution in [3.63, 3.8) is 0 Å². The maximum atomic E-state index is 17.3. The minimum absolute atomic E-state index is 0.276. The van der Waals surface area contributed by atoms with Crippen molar-refractivity contribution in [3.05, 3.63) is 88.3 Å². The number of unbranched alkanes of at least 4 members (excludes halogenated alkanes) is 29. The second-order valence-corrected chi connectivity index (χ2v) is 20.9. The number of hydrogen-bond acceptors (Lipinski definition) is 3. The van der Waals surface area contributed by atoms with E-state index in [-0.39, 0.29) is 5.56 Å². The van der Waals surface area contributed by atoms with Gasteiger partial charge in [0.25, 0.3) is 0 Å². The predicted octanol–water partition coefficient (Wildman–Crippen LogP) is 20.7. The van der Waals surface area contributed by atoms with E-state index in [9.17, 15) is 26.3 Å². The molecule has 0 N–H and O–H groups in total. The van der Waals surface area contributed by atoms with Gasteiger partial charge in [-0.25, -0.2) is 39.5 Å². The highest BCUT2D eigenvalue weighted by Crippen LogP contribution is 2.44. The van der Waals surface area contributed by atoms with E-state index in [1.54, 1.807) is 0 Å². The fourth-order valence-electron chi connectivity index (χ4n) is 10.4. The monoisotopic (exact) mass is 1060 g/mol. The van der Waals surface area contributed by atoms with Crippen molar-refractivity contribution in [2.24, 2.45) is 0 Å². The number of hydrogen-bond donors (Lipinski definition) is 0. The molecule has 420 valence electrons. The summed E-state index contributed by atoms with van der Waals surface area (Å²) >= 11 is 0. The van der Waals surface area contributed by atoms with Gasteiger partial charge in [0, 0.05) is 36.8 Å². The Kier molecular flexibility index (Phi) is 33.3. The molecule has 0 amide bonds. The summed E-state index contributed by atoms with van der Waals surface area (Å²) in [5.74, 6) is -17.1. The molecule has 74 heavy (non-hydrogen) atoms. The van der Waals surface area contributed by atoms with Crippen LogP contribution in [-0.2, 0) is 0 Å². The lowest BCUT2D eigenvalue weighted by Crippen LogP contribution is -2.53. The van der Waals surface area contributed by atoms with Gasteiger partial charge in [0.15, 0.2) is 52.4 Å². The second kappa shape index (κ2) is 38.1. The molecule has 4 nitrogen and oxygen atoms in total. The van der Waals surface area contributed by atoms with E-state index < -0.39 is 83.0 Å². The number of nitrogens with zero attached hydrogens (tertiary/aromatic N) is 1. The van der Waals surface area contributed by atoms with E-state index in [1.807, 2.05) is 0 Å². The van der Waals surface area contributed by atoms with Crippen LogP contribution in [0.2, 0.25) is 0 Å². The van der Waals surface area contributed by atoms with Gasteiger partial charge in [-0.1, -0.05) is 195 Å². The summed E-state index contributed by atoms with van der Waals surface area (Å²) in [6, 6.07) is 1.71. The topological polar surface area (TPSA) is 27.7 Å². The molecule has 0 heterocycles. The number of benzene rings is 3. The largest absolute Gasteiger partial charge is 0.864 e. The Morgan fingerprint density at radius 2 is 0.622 bits per heavy atom. The fourth-order valence-corrected chi connectivity index (χ4v) is 10.4. The summed E-state index contributed by atoms with van der Waals surface area (Å²) in [4.78, 5) is 0. The SMILES string of the molecule is CCCCCCCCCCCCCCCCCC(c1c(OB(Oc2cc(F)c(F)c(F)c2)Oc2cc(F)c(F)c(F)c2)cc(F)c(F)c1F)[N+](CCCCCCCC)(CCCCCCCC)CCCCCCCC. The maximum Gasteiger partial charge on any atom is 0.864 e. The molecule has 0 saturated heterocycles. The fraction of sp³-hybridized carbons (Fsp3) is 0.700. The van der Waals surface area contributed by atoms with Crippen molar-refractivity contribution in [1.82, 2.24) is 0 Å². The third-order valence-electron chi connectivity index (χ3n) is 14.7. The quantitative estimate of drug-likeness (QED) is 0.0186. The second-order valence-electron chi connectivity index (χ2n) is 20.9. The predicted molar refractivity (Wildman–Crippen MR) is 284 cm³/mol. The minimum atomic E-state index is -2.34. The lowest BCUT2D eigenvalue weighted by Gasteiger charge is -2.46. The smallest absolute Gasteiger partial charge is 0.489 e. The van der Waals surface area contributed by atoms with Crippen molar-refractivity contribution >= 4 is 7.32 Å². The summed E-state index contributed by atoms with van der Waals surface area (Å²) in [6.07, 6.45) is 35.7. The summed E-state index contributed by atoms with van der Waals surface area (Å²) in [5, 5.41) is 0. The van der Waals surface area contributed by atoms with E-state index in [0.717, 1.165) is 148 Å². The zero-order valence-electron chi connectivity index (χ0n) is 45.8. The van der Waals surface area contributed by atoms with Crippen LogP contribution >= 0.6 is 0 Å². The first-order valence-electron chi connectivity index (χ1n) is 29.1. The molecule has 0 radical (unpaired) electrons. The third kappa shape index (κ3) is 23.8. The first-order chi connectivity index (χ1) is 35.8. The molecular formula is C60H92BF9NO3+. The van der Waals surface area contributed by atoms with Crippen molar-refractivity contribution < 1.29 is 58.0 Å². The van der Waals surface area contributed by atoms with Gasteiger partial charge < -0.3 is 18.4 Å². The van der Waals surface area contributed by atoms with Gasteiger partial charge in [-0.3, -0.25) is 0 Å². The van der Waals surface area contributed by atoms with E-state index in [2.05, 4.69) is 27.7 Å². The molecule has 0 aliphatic carbocycles. The molecule has 14 heteroatoms. The van der Waals surface area contributed by atoms with Crippen molar-refractivity contribution in [2.75, 3.05) is 19.6 Å². The Bertz CT molecular complexity index is 1830. The molecule has 0 aliphatic heterocycles. The summed E-state index contributed by atoms with van der Waals surface area (Å²) in [6.45, 7) is 10.6. The molecule has 3 aromatic rings. The lowest BCUT2D eigenvalue weighted by atomic mass is 9.91. The molecule has 0 bridgehead atoms. The zero-order chi connectivity index (χ0) is 54.0. The molecule has 0 fully saturated rings. The number of quaternary nitrogens is 1. The molecule has 3 aromatic carbocycles. The molecule has 3 rings (SSSR count). The van der Waals surface area contributed by atoms with Crippen LogP contribution in [0.3, 0.4) is 0 Å². The van der Waals surface area contributed by atoms with Gasteiger partial charge in [0.1, 0.15) is 23.3 Å². The van der Waals surface area contributed by atoms with Crippen LogP contribution in [0.1, 0.15) is 258 Å². The van der Waals surface area contributed by atoms with Crippen molar-refractivity contribution in [3.8, 4) is 17.2 Å². The summed E-state index contributed by atoms with van der Waals surface area (Å²) < 4.78 is 154. The highest BCUT2D eigenvalue weighted by atomic mass is 19.2. The van der Waals surface area contributed by atoms with E-state index in [1.165, 1.54) is 57.8 Å². The number of rotatable bonds is 45.